The molecule has 0 aliphatic carbocycles. The second-order valence-corrected chi connectivity index (χ2v) is 3.16. The molecule has 0 radical (unpaired) electrons. The standard InChI is InChI=1S/C10H23NO/c1-3-4-8-11-9-6-5-7-10-12-2/h11H,3-10H2,1-2H3. The molecule has 0 bridgehead atoms. The van der Waals surface area contributed by atoms with Crippen molar-refractivity contribution >= 4 is 0 Å². The Kier molecular flexibility index (Phi) is 10.8. The molecule has 74 valence electrons. The molecule has 0 aromatic heterocycles. The van der Waals surface area contributed by atoms with Crippen molar-refractivity contribution in [2.24, 2.45) is 0 Å². The number of ether oxygens (including phenoxy) is 1. The van der Waals surface area contributed by atoms with Gasteiger partial charge in [0.05, 0.1) is 0 Å². The molecule has 0 amide bonds. The molecule has 2 heteroatoms. The van der Waals surface area contributed by atoms with Gasteiger partial charge < -0.3 is 10.1 Å². The lowest BCUT2D eigenvalue weighted by atomic mass is 10.2. The number of unbranched alkanes of at least 4 members (excludes halogenated alkanes) is 3. The van der Waals surface area contributed by atoms with E-state index in [-0.39, 0.29) is 0 Å². The van der Waals surface area contributed by atoms with Crippen molar-refractivity contribution in [2.75, 3.05) is 26.8 Å². The molecule has 0 aliphatic rings. The lowest BCUT2D eigenvalue weighted by molar-refractivity contribution is 0.192. The Balaban J connectivity index is 2.73. The fraction of sp³-hybridized carbons (Fsp3) is 1.00. The maximum Gasteiger partial charge on any atom is 0.0462 e. The SMILES string of the molecule is CCCCNCCCCCOC. The van der Waals surface area contributed by atoms with Crippen molar-refractivity contribution in [2.45, 2.75) is 39.0 Å². The molecule has 0 spiro atoms. The lowest BCUT2D eigenvalue weighted by Gasteiger charge is -2.02. The molecule has 0 heterocycles. The molecular weight excluding hydrogens is 150 g/mol. The Morgan fingerprint density at radius 1 is 1.00 bits per heavy atom. The van der Waals surface area contributed by atoms with Crippen LogP contribution >= 0.6 is 0 Å². The second kappa shape index (κ2) is 10.9. The van der Waals surface area contributed by atoms with E-state index < -0.39 is 0 Å². The number of hydrogen-bond acceptors (Lipinski definition) is 2. The summed E-state index contributed by atoms with van der Waals surface area (Å²) in [6.07, 6.45) is 6.36. The van der Waals surface area contributed by atoms with Gasteiger partial charge in [-0.05, 0) is 38.8 Å². The van der Waals surface area contributed by atoms with E-state index in [0.717, 1.165) is 6.61 Å². The molecule has 0 aliphatic heterocycles. The van der Waals surface area contributed by atoms with E-state index in [9.17, 15) is 0 Å². The highest BCUT2D eigenvalue weighted by Gasteiger charge is 1.88. The van der Waals surface area contributed by atoms with Crippen LogP contribution in [-0.4, -0.2) is 26.8 Å². The molecule has 0 aromatic carbocycles. The van der Waals surface area contributed by atoms with Crippen molar-refractivity contribution in [3.63, 3.8) is 0 Å². The normalized spacial score (nSPS) is 10.5. The van der Waals surface area contributed by atoms with E-state index in [1.165, 1.54) is 45.2 Å². The van der Waals surface area contributed by atoms with E-state index in [1.807, 2.05) is 0 Å². The summed E-state index contributed by atoms with van der Waals surface area (Å²) in [5, 5.41) is 3.42. The maximum absolute atomic E-state index is 4.97. The van der Waals surface area contributed by atoms with E-state index in [0.29, 0.717) is 0 Å². The predicted octanol–water partition coefficient (Wildman–Crippen LogP) is 2.19. The zero-order chi connectivity index (χ0) is 9.07. The van der Waals surface area contributed by atoms with E-state index in [2.05, 4.69) is 12.2 Å². The number of hydrogen-bond donors (Lipinski definition) is 1. The molecule has 12 heavy (non-hydrogen) atoms. The van der Waals surface area contributed by atoms with Crippen LogP contribution in [0.15, 0.2) is 0 Å². The minimum atomic E-state index is 0.912. The topological polar surface area (TPSA) is 21.3 Å². The Hall–Kier alpha value is -0.0800. The molecule has 0 rings (SSSR count). The summed E-state index contributed by atoms with van der Waals surface area (Å²) in [5.41, 5.74) is 0. The summed E-state index contributed by atoms with van der Waals surface area (Å²) in [7, 11) is 1.76. The number of rotatable bonds is 9. The summed E-state index contributed by atoms with van der Waals surface area (Å²) in [6, 6.07) is 0. The minimum Gasteiger partial charge on any atom is -0.385 e. The van der Waals surface area contributed by atoms with Crippen LogP contribution in [0.3, 0.4) is 0 Å². The van der Waals surface area contributed by atoms with E-state index in [4.69, 9.17) is 4.74 Å². The van der Waals surface area contributed by atoms with Crippen LogP contribution in [0.25, 0.3) is 0 Å². The molecule has 0 atom stereocenters. The fourth-order valence-electron chi connectivity index (χ4n) is 1.10. The van der Waals surface area contributed by atoms with Crippen molar-refractivity contribution < 1.29 is 4.74 Å². The minimum absolute atomic E-state index is 0.912. The fourth-order valence-corrected chi connectivity index (χ4v) is 1.10. The highest BCUT2D eigenvalue weighted by Crippen LogP contribution is 1.93. The van der Waals surface area contributed by atoms with Gasteiger partial charge >= 0.3 is 0 Å². The zero-order valence-electron chi connectivity index (χ0n) is 8.57. The van der Waals surface area contributed by atoms with Crippen molar-refractivity contribution in [3.8, 4) is 0 Å². The summed E-state index contributed by atoms with van der Waals surface area (Å²) in [4.78, 5) is 0. The zero-order valence-corrected chi connectivity index (χ0v) is 8.57. The van der Waals surface area contributed by atoms with Crippen LogP contribution in [0.2, 0.25) is 0 Å². The third kappa shape index (κ3) is 9.92. The Bertz CT molecular complexity index is 66.2. The first-order valence-corrected chi connectivity index (χ1v) is 5.11. The van der Waals surface area contributed by atoms with Crippen LogP contribution in [0.1, 0.15) is 39.0 Å². The molecule has 2 nitrogen and oxygen atoms in total. The van der Waals surface area contributed by atoms with Gasteiger partial charge in [0.25, 0.3) is 0 Å². The third-order valence-electron chi connectivity index (χ3n) is 1.91. The summed E-state index contributed by atoms with van der Waals surface area (Å²) < 4.78 is 4.97. The maximum atomic E-state index is 4.97. The second-order valence-electron chi connectivity index (χ2n) is 3.16. The lowest BCUT2D eigenvalue weighted by Crippen LogP contribution is -2.16. The van der Waals surface area contributed by atoms with Gasteiger partial charge in [-0.25, -0.2) is 0 Å². The van der Waals surface area contributed by atoms with Gasteiger partial charge in [0.1, 0.15) is 0 Å². The van der Waals surface area contributed by atoms with Crippen molar-refractivity contribution in [1.29, 1.82) is 0 Å². The summed E-state index contributed by atoms with van der Waals surface area (Å²) in [6.45, 7) is 5.49. The average Bonchev–Trinajstić information content (AvgIpc) is 2.10. The molecule has 1 N–H and O–H groups in total. The van der Waals surface area contributed by atoms with E-state index in [1.54, 1.807) is 7.11 Å². The number of methoxy groups -OCH3 is 1. The largest absolute Gasteiger partial charge is 0.385 e. The Morgan fingerprint density at radius 2 is 1.75 bits per heavy atom. The predicted molar refractivity (Wildman–Crippen MR) is 53.5 cm³/mol. The van der Waals surface area contributed by atoms with Gasteiger partial charge in [-0.3, -0.25) is 0 Å². The highest BCUT2D eigenvalue weighted by molar-refractivity contribution is 4.48. The van der Waals surface area contributed by atoms with Crippen molar-refractivity contribution in [1.82, 2.24) is 5.32 Å². The van der Waals surface area contributed by atoms with Gasteiger partial charge in [0, 0.05) is 13.7 Å². The van der Waals surface area contributed by atoms with Gasteiger partial charge in [0.2, 0.25) is 0 Å². The monoisotopic (exact) mass is 173 g/mol. The summed E-state index contributed by atoms with van der Waals surface area (Å²) in [5.74, 6) is 0. The van der Waals surface area contributed by atoms with Crippen LogP contribution in [0, 0.1) is 0 Å². The van der Waals surface area contributed by atoms with Gasteiger partial charge in [-0.15, -0.1) is 0 Å². The van der Waals surface area contributed by atoms with Gasteiger partial charge in [0.15, 0.2) is 0 Å². The van der Waals surface area contributed by atoms with Gasteiger partial charge in [-0.2, -0.15) is 0 Å². The van der Waals surface area contributed by atoms with E-state index >= 15 is 0 Å². The molecule has 0 saturated carbocycles. The average molecular weight is 173 g/mol. The molecule has 0 saturated heterocycles. The number of nitrogens with one attached hydrogen (secondary N) is 1. The van der Waals surface area contributed by atoms with Crippen LogP contribution in [0.5, 0.6) is 0 Å². The first-order valence-electron chi connectivity index (χ1n) is 5.11. The first kappa shape index (κ1) is 11.9. The van der Waals surface area contributed by atoms with Crippen LogP contribution < -0.4 is 5.32 Å². The third-order valence-corrected chi connectivity index (χ3v) is 1.91. The molecule has 0 unspecified atom stereocenters. The highest BCUT2D eigenvalue weighted by atomic mass is 16.5. The Morgan fingerprint density at radius 3 is 2.42 bits per heavy atom. The molecular formula is C10H23NO. The van der Waals surface area contributed by atoms with Gasteiger partial charge in [-0.1, -0.05) is 13.3 Å². The first-order chi connectivity index (χ1) is 5.91. The summed E-state index contributed by atoms with van der Waals surface area (Å²) >= 11 is 0. The van der Waals surface area contributed by atoms with Crippen molar-refractivity contribution in [3.05, 3.63) is 0 Å². The van der Waals surface area contributed by atoms with Crippen LogP contribution in [-0.2, 0) is 4.74 Å². The van der Waals surface area contributed by atoms with Crippen LogP contribution in [0.4, 0.5) is 0 Å². The Labute approximate surface area is 76.7 Å². The molecule has 0 fully saturated rings. The molecule has 0 aromatic rings. The quantitative estimate of drug-likeness (QED) is 0.540. The smallest absolute Gasteiger partial charge is 0.0462 e.